The molecule has 4 rings (SSSR count). The second-order valence-corrected chi connectivity index (χ2v) is 9.57. The molecule has 1 aromatic heterocycles. The summed E-state index contributed by atoms with van der Waals surface area (Å²) in [6, 6.07) is 8.65. The first kappa shape index (κ1) is 28.1. The summed E-state index contributed by atoms with van der Waals surface area (Å²) in [6.07, 6.45) is -1.65. The molecule has 8 nitrogen and oxygen atoms in total. The molecule has 0 bridgehead atoms. The minimum absolute atomic E-state index is 0.0810. The number of hydrogen-bond donors (Lipinski definition) is 3. The fourth-order valence-electron chi connectivity index (χ4n) is 4.38. The largest absolute Gasteiger partial charge is 0.490 e. The number of halogens is 4. The molecule has 3 N–H and O–H groups in total. The number of β-amino-alcohol motifs (C(OH)–C–C–N with tert-alkyl or cyclic N) is 1. The standard InChI is InChI=1S/C22H30ClN5O.C2HF3O2/c1-15-16(2)24-14-25-22(15)28-12-20(21(29)13-28)26-19-7-9-27(10-8-19)11-17-3-5-18(23)6-4-17;3-2(4,5)1(6)7/h3-6,14,19-21,26,29H,7-13H2,1-2H3;(H,6,7)/t20?,21-;/m1./s1. The van der Waals surface area contributed by atoms with E-state index in [0.717, 1.165) is 61.1 Å². The second-order valence-electron chi connectivity index (χ2n) is 9.13. The monoisotopic (exact) mass is 529 g/mol. The van der Waals surface area contributed by atoms with E-state index >= 15 is 0 Å². The number of carbonyl (C=O) groups is 1. The van der Waals surface area contributed by atoms with Gasteiger partial charge < -0.3 is 20.4 Å². The quantitative estimate of drug-likeness (QED) is 0.543. The SMILES string of the molecule is Cc1ncnc(N2CC(NC3CCN(Cc4ccc(Cl)cc4)CC3)[C@H](O)C2)c1C.O=C(O)C(F)(F)F. The van der Waals surface area contributed by atoms with E-state index in [9.17, 15) is 18.3 Å². The molecule has 0 spiro atoms. The predicted octanol–water partition coefficient (Wildman–Crippen LogP) is 3.18. The summed E-state index contributed by atoms with van der Waals surface area (Å²) in [6.45, 7) is 8.55. The molecule has 2 aliphatic heterocycles. The van der Waals surface area contributed by atoms with E-state index in [2.05, 4.69) is 37.2 Å². The number of carboxylic acids is 1. The van der Waals surface area contributed by atoms with Crippen molar-refractivity contribution < 1.29 is 28.2 Å². The van der Waals surface area contributed by atoms with Crippen LogP contribution in [0.1, 0.15) is 29.7 Å². The van der Waals surface area contributed by atoms with Gasteiger partial charge in [-0.3, -0.25) is 4.90 Å². The van der Waals surface area contributed by atoms with Crippen LogP contribution in [0.5, 0.6) is 0 Å². The summed E-state index contributed by atoms with van der Waals surface area (Å²) in [5, 5.41) is 22.2. The highest BCUT2D eigenvalue weighted by molar-refractivity contribution is 6.30. The van der Waals surface area contributed by atoms with Gasteiger partial charge in [0.15, 0.2) is 0 Å². The summed E-state index contributed by atoms with van der Waals surface area (Å²) in [7, 11) is 0. The molecule has 0 amide bonds. The summed E-state index contributed by atoms with van der Waals surface area (Å²) in [5.74, 6) is -1.81. The first-order valence-electron chi connectivity index (χ1n) is 11.7. The highest BCUT2D eigenvalue weighted by atomic mass is 35.5. The maximum atomic E-state index is 10.6. The van der Waals surface area contributed by atoms with Crippen LogP contribution in [0.25, 0.3) is 0 Å². The topological polar surface area (TPSA) is 102 Å². The third kappa shape index (κ3) is 7.76. The van der Waals surface area contributed by atoms with E-state index in [1.54, 1.807) is 6.33 Å². The van der Waals surface area contributed by atoms with E-state index in [-0.39, 0.29) is 12.1 Å². The zero-order chi connectivity index (χ0) is 26.5. The number of aromatic nitrogens is 2. The van der Waals surface area contributed by atoms with Gasteiger partial charge in [0.25, 0.3) is 0 Å². The van der Waals surface area contributed by atoms with E-state index in [1.165, 1.54) is 5.56 Å². The van der Waals surface area contributed by atoms with Crippen molar-refractivity contribution in [2.24, 2.45) is 0 Å². The third-order valence-corrected chi connectivity index (χ3v) is 6.75. The highest BCUT2D eigenvalue weighted by Gasteiger charge is 2.38. The lowest BCUT2D eigenvalue weighted by molar-refractivity contribution is -0.192. The van der Waals surface area contributed by atoms with Gasteiger partial charge in [0.2, 0.25) is 0 Å². The van der Waals surface area contributed by atoms with Gasteiger partial charge in [-0.2, -0.15) is 13.2 Å². The van der Waals surface area contributed by atoms with Crippen molar-refractivity contribution in [3.8, 4) is 0 Å². The molecular weight excluding hydrogens is 499 g/mol. The number of aliphatic hydroxyl groups is 1. The molecule has 0 saturated carbocycles. The number of alkyl halides is 3. The van der Waals surface area contributed by atoms with E-state index in [4.69, 9.17) is 21.5 Å². The zero-order valence-electron chi connectivity index (χ0n) is 20.2. The molecule has 2 aliphatic rings. The van der Waals surface area contributed by atoms with Crippen LogP contribution in [0.3, 0.4) is 0 Å². The number of nitrogens with one attached hydrogen (secondary N) is 1. The molecule has 0 aliphatic carbocycles. The number of rotatable bonds is 5. The average Bonchev–Trinajstić information content (AvgIpc) is 3.18. The van der Waals surface area contributed by atoms with Crippen molar-refractivity contribution in [3.05, 3.63) is 52.4 Å². The lowest BCUT2D eigenvalue weighted by atomic mass is 10.0. The van der Waals surface area contributed by atoms with Gasteiger partial charge in [-0.1, -0.05) is 23.7 Å². The van der Waals surface area contributed by atoms with Gasteiger partial charge in [0.1, 0.15) is 12.1 Å². The number of piperidine rings is 1. The normalized spacial score (nSPS) is 21.2. The smallest absolute Gasteiger partial charge is 0.475 e. The molecule has 12 heteroatoms. The van der Waals surface area contributed by atoms with Gasteiger partial charge in [0.05, 0.1) is 12.1 Å². The van der Waals surface area contributed by atoms with Crippen LogP contribution in [0.15, 0.2) is 30.6 Å². The number of carboxylic acid groups (broad SMARTS) is 1. The molecule has 2 atom stereocenters. The number of nitrogens with zero attached hydrogens (tertiary/aromatic N) is 4. The van der Waals surface area contributed by atoms with Crippen molar-refractivity contribution in [2.75, 3.05) is 31.1 Å². The molecule has 1 aromatic carbocycles. The minimum Gasteiger partial charge on any atom is -0.475 e. The van der Waals surface area contributed by atoms with Crippen LogP contribution in [0, 0.1) is 13.8 Å². The molecular formula is C24H31ClF3N5O3. The van der Waals surface area contributed by atoms with Crippen molar-refractivity contribution in [1.29, 1.82) is 0 Å². The van der Waals surface area contributed by atoms with Gasteiger partial charge >= 0.3 is 12.1 Å². The fourth-order valence-corrected chi connectivity index (χ4v) is 4.50. The Morgan fingerprint density at radius 3 is 2.33 bits per heavy atom. The van der Waals surface area contributed by atoms with E-state index in [0.29, 0.717) is 12.6 Å². The molecule has 2 aromatic rings. The molecule has 3 heterocycles. The number of aliphatic carboxylic acids is 1. The Morgan fingerprint density at radius 1 is 1.14 bits per heavy atom. The van der Waals surface area contributed by atoms with Crippen LogP contribution in [0.2, 0.25) is 5.02 Å². The minimum atomic E-state index is -5.08. The van der Waals surface area contributed by atoms with Crippen molar-refractivity contribution >= 4 is 23.4 Å². The Bertz CT molecular complexity index is 1020. The Hall–Kier alpha value is -2.47. The number of hydrogen-bond acceptors (Lipinski definition) is 7. The average molecular weight is 530 g/mol. The summed E-state index contributed by atoms with van der Waals surface area (Å²) in [4.78, 5) is 22.3. The van der Waals surface area contributed by atoms with Crippen LogP contribution >= 0.6 is 11.6 Å². The van der Waals surface area contributed by atoms with E-state index in [1.807, 2.05) is 26.0 Å². The number of likely N-dealkylation sites (tertiary alicyclic amines) is 1. The Labute approximate surface area is 213 Å². The molecule has 198 valence electrons. The van der Waals surface area contributed by atoms with Crippen LogP contribution in [-0.4, -0.2) is 81.6 Å². The Morgan fingerprint density at radius 2 is 1.75 bits per heavy atom. The lowest BCUT2D eigenvalue weighted by Gasteiger charge is -2.34. The summed E-state index contributed by atoms with van der Waals surface area (Å²) >= 11 is 5.98. The summed E-state index contributed by atoms with van der Waals surface area (Å²) in [5.41, 5.74) is 3.39. The Balaban J connectivity index is 0.000000454. The zero-order valence-corrected chi connectivity index (χ0v) is 20.9. The highest BCUT2D eigenvalue weighted by Crippen LogP contribution is 2.24. The predicted molar refractivity (Wildman–Crippen MR) is 130 cm³/mol. The lowest BCUT2D eigenvalue weighted by Crippen LogP contribution is -2.49. The molecule has 2 fully saturated rings. The van der Waals surface area contributed by atoms with Gasteiger partial charge in [0, 0.05) is 42.0 Å². The molecule has 0 radical (unpaired) electrons. The molecule has 1 unspecified atom stereocenters. The maximum absolute atomic E-state index is 10.6. The van der Waals surface area contributed by atoms with Crippen LogP contribution < -0.4 is 10.2 Å². The van der Waals surface area contributed by atoms with Crippen molar-refractivity contribution in [1.82, 2.24) is 20.2 Å². The van der Waals surface area contributed by atoms with Gasteiger partial charge in [-0.25, -0.2) is 14.8 Å². The number of benzene rings is 1. The van der Waals surface area contributed by atoms with Crippen molar-refractivity contribution in [2.45, 2.75) is 57.6 Å². The number of aliphatic hydroxyl groups excluding tert-OH is 1. The third-order valence-electron chi connectivity index (χ3n) is 6.50. The van der Waals surface area contributed by atoms with Gasteiger partial charge in [-0.15, -0.1) is 0 Å². The van der Waals surface area contributed by atoms with Gasteiger partial charge in [-0.05, 0) is 57.5 Å². The van der Waals surface area contributed by atoms with Crippen molar-refractivity contribution in [3.63, 3.8) is 0 Å². The first-order chi connectivity index (χ1) is 16.9. The van der Waals surface area contributed by atoms with E-state index < -0.39 is 12.1 Å². The summed E-state index contributed by atoms with van der Waals surface area (Å²) < 4.78 is 31.7. The first-order valence-corrected chi connectivity index (χ1v) is 12.1. The molecule has 2 saturated heterocycles. The Kier molecular flexibility index (Phi) is 9.51. The maximum Gasteiger partial charge on any atom is 0.490 e. The number of aryl methyl sites for hydroxylation is 1. The van der Waals surface area contributed by atoms with Crippen LogP contribution in [-0.2, 0) is 11.3 Å². The second kappa shape index (κ2) is 12.2. The fraction of sp³-hybridized carbons (Fsp3) is 0.542. The number of anilines is 1. The molecule has 36 heavy (non-hydrogen) atoms. The van der Waals surface area contributed by atoms with Crippen LogP contribution in [0.4, 0.5) is 19.0 Å².